The van der Waals surface area contributed by atoms with Gasteiger partial charge in [-0.3, -0.25) is 19.3 Å². The second kappa shape index (κ2) is 8.01. The largest absolute Gasteiger partial charge is 0.450 e. The van der Waals surface area contributed by atoms with Crippen molar-refractivity contribution in [2.75, 3.05) is 4.90 Å². The van der Waals surface area contributed by atoms with E-state index < -0.39 is 11.9 Å². The van der Waals surface area contributed by atoms with Gasteiger partial charge in [0.1, 0.15) is 5.58 Å². The van der Waals surface area contributed by atoms with Crippen LogP contribution in [0, 0.1) is 0 Å². The number of rotatable bonds is 4. The number of Topliss-reactive ketones (excluding diaryl/α,β-unsaturated/α-hetero) is 1. The molecule has 3 aromatic carbocycles. The molecule has 0 spiro atoms. The van der Waals surface area contributed by atoms with Crippen LogP contribution in [0.5, 0.6) is 0 Å². The molecule has 4 aromatic rings. The van der Waals surface area contributed by atoms with Crippen LogP contribution in [-0.4, -0.2) is 11.7 Å². The van der Waals surface area contributed by atoms with Gasteiger partial charge < -0.3 is 4.42 Å². The molecule has 1 aliphatic rings. The van der Waals surface area contributed by atoms with Crippen LogP contribution in [0.15, 0.2) is 75.9 Å². The van der Waals surface area contributed by atoms with Crippen LogP contribution in [0.2, 0.25) is 5.02 Å². The molecule has 0 fully saturated rings. The molecule has 6 heteroatoms. The molecule has 1 aliphatic heterocycles. The van der Waals surface area contributed by atoms with E-state index in [0.29, 0.717) is 27.2 Å². The van der Waals surface area contributed by atoms with Gasteiger partial charge >= 0.3 is 0 Å². The van der Waals surface area contributed by atoms with Gasteiger partial charge in [0.05, 0.1) is 17.0 Å². The van der Waals surface area contributed by atoms with Gasteiger partial charge in [-0.25, -0.2) is 0 Å². The average molecular weight is 458 g/mol. The first kappa shape index (κ1) is 21.2. The molecule has 33 heavy (non-hydrogen) atoms. The number of aryl methyl sites for hydroxylation is 1. The van der Waals surface area contributed by atoms with E-state index in [1.807, 2.05) is 24.3 Å². The number of amides is 1. The fourth-order valence-electron chi connectivity index (χ4n) is 4.32. The molecule has 0 radical (unpaired) electrons. The topological polar surface area (TPSA) is 67.6 Å². The summed E-state index contributed by atoms with van der Waals surface area (Å²) in [6.45, 7) is 3.56. The van der Waals surface area contributed by atoms with Crippen molar-refractivity contribution in [1.29, 1.82) is 0 Å². The molecular formula is C27H20ClNO4. The van der Waals surface area contributed by atoms with Crippen LogP contribution in [0.3, 0.4) is 0 Å². The number of nitrogens with zero attached hydrogens (tertiary/aromatic N) is 1. The van der Waals surface area contributed by atoms with E-state index >= 15 is 0 Å². The van der Waals surface area contributed by atoms with E-state index in [9.17, 15) is 14.4 Å². The van der Waals surface area contributed by atoms with Gasteiger partial charge in [0, 0.05) is 16.3 Å². The Bertz CT molecular complexity index is 1470. The van der Waals surface area contributed by atoms with Crippen LogP contribution in [0.25, 0.3) is 11.0 Å². The Kier molecular flexibility index (Phi) is 5.14. The van der Waals surface area contributed by atoms with Crippen molar-refractivity contribution >= 4 is 39.9 Å². The Morgan fingerprint density at radius 2 is 1.70 bits per heavy atom. The number of hydrogen-bond donors (Lipinski definition) is 0. The SMILES string of the molecule is CCc1ccc(C2c3c(oc4ccc(Cl)cc4c3=O)C(=O)N2c2ccc(C(C)=O)cc2)cc1. The van der Waals surface area contributed by atoms with E-state index in [0.717, 1.165) is 17.5 Å². The van der Waals surface area contributed by atoms with Crippen molar-refractivity contribution in [3.8, 4) is 0 Å². The van der Waals surface area contributed by atoms with Crippen LogP contribution >= 0.6 is 11.6 Å². The molecule has 0 saturated carbocycles. The number of hydrogen-bond acceptors (Lipinski definition) is 4. The summed E-state index contributed by atoms with van der Waals surface area (Å²) in [6, 6.07) is 18.8. The maximum atomic E-state index is 13.6. The first-order valence-corrected chi connectivity index (χ1v) is 11.1. The van der Waals surface area contributed by atoms with Crippen molar-refractivity contribution < 1.29 is 14.0 Å². The number of carbonyl (C=O) groups excluding carboxylic acids is 2. The third-order valence-corrected chi connectivity index (χ3v) is 6.32. The van der Waals surface area contributed by atoms with E-state index in [1.54, 1.807) is 47.4 Å². The summed E-state index contributed by atoms with van der Waals surface area (Å²) >= 11 is 6.14. The molecule has 1 aromatic heterocycles. The van der Waals surface area contributed by atoms with Gasteiger partial charge in [-0.1, -0.05) is 42.8 Å². The van der Waals surface area contributed by atoms with E-state index in [2.05, 4.69) is 6.92 Å². The van der Waals surface area contributed by atoms with Gasteiger partial charge in [0.25, 0.3) is 5.91 Å². The van der Waals surface area contributed by atoms with Gasteiger partial charge in [-0.2, -0.15) is 0 Å². The average Bonchev–Trinajstić information content (AvgIpc) is 3.12. The lowest BCUT2D eigenvalue weighted by Crippen LogP contribution is -2.29. The molecule has 5 nitrogen and oxygen atoms in total. The Balaban J connectivity index is 1.76. The van der Waals surface area contributed by atoms with Crippen molar-refractivity contribution in [2.45, 2.75) is 26.3 Å². The highest BCUT2D eigenvalue weighted by Crippen LogP contribution is 2.41. The lowest BCUT2D eigenvalue weighted by Gasteiger charge is -2.25. The second-order valence-corrected chi connectivity index (χ2v) is 8.53. The lowest BCUT2D eigenvalue weighted by atomic mass is 9.97. The van der Waals surface area contributed by atoms with Gasteiger partial charge in [-0.05, 0) is 66.9 Å². The monoisotopic (exact) mass is 457 g/mol. The first-order chi connectivity index (χ1) is 15.9. The smallest absolute Gasteiger partial charge is 0.295 e. The van der Waals surface area contributed by atoms with Crippen LogP contribution in [0.1, 0.15) is 57.5 Å². The molecule has 0 N–H and O–H groups in total. The zero-order valence-corrected chi connectivity index (χ0v) is 18.8. The second-order valence-electron chi connectivity index (χ2n) is 8.09. The molecule has 164 valence electrons. The molecule has 0 bridgehead atoms. The predicted octanol–water partition coefficient (Wildman–Crippen LogP) is 5.96. The minimum absolute atomic E-state index is 0.0232. The Labute approximate surface area is 195 Å². The quantitative estimate of drug-likeness (QED) is 0.354. The molecule has 0 aliphatic carbocycles. The fraction of sp³-hybridized carbons (Fsp3) is 0.148. The van der Waals surface area contributed by atoms with Crippen molar-refractivity contribution in [3.63, 3.8) is 0 Å². The van der Waals surface area contributed by atoms with E-state index in [1.165, 1.54) is 6.92 Å². The van der Waals surface area contributed by atoms with Crippen LogP contribution in [0.4, 0.5) is 5.69 Å². The number of benzene rings is 3. The Hall–Kier alpha value is -3.70. The molecular weight excluding hydrogens is 438 g/mol. The molecule has 1 unspecified atom stereocenters. The summed E-state index contributed by atoms with van der Waals surface area (Å²) in [4.78, 5) is 40.5. The summed E-state index contributed by atoms with van der Waals surface area (Å²) in [6.07, 6.45) is 0.877. The molecule has 1 atom stereocenters. The molecule has 0 saturated heterocycles. The zero-order chi connectivity index (χ0) is 23.3. The first-order valence-electron chi connectivity index (χ1n) is 10.7. The Morgan fingerprint density at radius 3 is 2.33 bits per heavy atom. The zero-order valence-electron chi connectivity index (χ0n) is 18.1. The van der Waals surface area contributed by atoms with Crippen LogP contribution < -0.4 is 10.3 Å². The van der Waals surface area contributed by atoms with E-state index in [4.69, 9.17) is 16.0 Å². The van der Waals surface area contributed by atoms with Crippen molar-refractivity contribution in [3.05, 3.63) is 110 Å². The minimum atomic E-state index is -0.666. The lowest BCUT2D eigenvalue weighted by molar-refractivity contribution is 0.0970. The fourth-order valence-corrected chi connectivity index (χ4v) is 4.49. The Morgan fingerprint density at radius 1 is 1.00 bits per heavy atom. The maximum Gasteiger partial charge on any atom is 0.295 e. The van der Waals surface area contributed by atoms with Gasteiger partial charge in [0.2, 0.25) is 5.76 Å². The summed E-state index contributed by atoms with van der Waals surface area (Å²) in [5.41, 5.74) is 3.37. The van der Waals surface area contributed by atoms with E-state index in [-0.39, 0.29) is 22.5 Å². The maximum absolute atomic E-state index is 13.6. The predicted molar refractivity (Wildman–Crippen MR) is 128 cm³/mol. The third-order valence-electron chi connectivity index (χ3n) is 6.09. The number of fused-ring (bicyclic) bond motifs is 2. The summed E-state index contributed by atoms with van der Waals surface area (Å²) in [7, 11) is 0. The normalized spacial score (nSPS) is 15.2. The standard InChI is InChI=1S/C27H20ClNO4/c1-3-16-4-6-18(7-5-16)24-23-25(31)21-14-19(28)10-13-22(21)33-26(23)27(32)29(24)20-11-8-17(9-12-20)15(2)30/h4-14,24H,3H2,1-2H3. The minimum Gasteiger partial charge on any atom is -0.450 e. The number of ketones is 1. The summed E-state index contributed by atoms with van der Waals surface area (Å²) in [5, 5.41) is 0.748. The van der Waals surface area contributed by atoms with Crippen LogP contribution in [-0.2, 0) is 6.42 Å². The van der Waals surface area contributed by atoms with Crippen molar-refractivity contribution in [1.82, 2.24) is 0 Å². The highest BCUT2D eigenvalue weighted by atomic mass is 35.5. The molecule has 5 rings (SSSR count). The van der Waals surface area contributed by atoms with Gasteiger partial charge in [-0.15, -0.1) is 0 Å². The number of halogens is 1. The molecule has 1 amide bonds. The van der Waals surface area contributed by atoms with Gasteiger partial charge in [0.15, 0.2) is 11.2 Å². The highest BCUT2D eigenvalue weighted by molar-refractivity contribution is 6.31. The van der Waals surface area contributed by atoms with Crippen molar-refractivity contribution in [2.24, 2.45) is 0 Å². The summed E-state index contributed by atoms with van der Waals surface area (Å²) < 4.78 is 5.96. The summed E-state index contributed by atoms with van der Waals surface area (Å²) in [5.74, 6) is -0.446. The third kappa shape index (κ3) is 3.45. The molecule has 2 heterocycles. The number of carbonyl (C=O) groups is 2. The highest BCUT2D eigenvalue weighted by Gasteiger charge is 2.43. The number of anilines is 1.